The van der Waals surface area contributed by atoms with E-state index >= 15 is 0 Å². The molecule has 0 aromatic rings. The monoisotopic (exact) mass is 576 g/mol. The van der Waals surface area contributed by atoms with Crippen LogP contribution in [0.1, 0.15) is 94.4 Å². The lowest BCUT2D eigenvalue weighted by Gasteiger charge is -2.56. The van der Waals surface area contributed by atoms with Gasteiger partial charge in [0.05, 0.1) is 5.41 Å². The summed E-state index contributed by atoms with van der Waals surface area (Å²) in [5, 5.41) is 12.5. The van der Waals surface area contributed by atoms with Crippen molar-refractivity contribution in [2.75, 3.05) is 0 Å². The normalized spacial score (nSPS) is 44.7. The number of aliphatic hydroxyl groups is 1. The predicted molar refractivity (Wildman–Crippen MR) is 162 cm³/mol. The van der Waals surface area contributed by atoms with Crippen molar-refractivity contribution in [3.8, 4) is 0 Å². The van der Waals surface area contributed by atoms with Crippen LogP contribution in [-0.2, 0) is 23.9 Å². The molecule has 0 aromatic heterocycles. The molecule has 6 nitrogen and oxygen atoms in total. The van der Waals surface area contributed by atoms with Crippen molar-refractivity contribution in [3.05, 3.63) is 57.9 Å². The van der Waals surface area contributed by atoms with Gasteiger partial charge in [-0.25, -0.2) is 4.79 Å². The van der Waals surface area contributed by atoms with Gasteiger partial charge in [0, 0.05) is 30.6 Å². The zero-order valence-electron chi connectivity index (χ0n) is 26.8. The van der Waals surface area contributed by atoms with E-state index in [9.17, 15) is 19.5 Å². The molecular weight excluding hydrogens is 528 g/mol. The lowest BCUT2D eigenvalue weighted by Crippen LogP contribution is -2.54. The summed E-state index contributed by atoms with van der Waals surface area (Å²) < 4.78 is 12.1. The Balaban J connectivity index is 1.80. The summed E-state index contributed by atoms with van der Waals surface area (Å²) in [6.45, 7) is 18.0. The Morgan fingerprint density at radius 2 is 1.71 bits per heavy atom. The number of ether oxygens (including phenoxy) is 2. The van der Waals surface area contributed by atoms with Crippen LogP contribution in [0, 0.1) is 40.4 Å². The van der Waals surface area contributed by atoms with Crippen LogP contribution in [0.15, 0.2) is 57.9 Å². The SMILES string of the molecule is CC(=O)OC1CCC(C)C2C1C=C(C)C1/C(C)=C/CC/C(C)=C/C3(C)C=C(C)C(C)CC34OC(=O)C(=C(O)C12C)C4=O. The molecule has 228 valence electrons. The van der Waals surface area contributed by atoms with Crippen LogP contribution >= 0.6 is 0 Å². The minimum atomic E-state index is -1.42. The molecule has 6 heteroatoms. The zero-order valence-corrected chi connectivity index (χ0v) is 26.8. The van der Waals surface area contributed by atoms with E-state index in [1.807, 2.05) is 13.8 Å². The van der Waals surface area contributed by atoms with Crippen LogP contribution in [0.3, 0.4) is 0 Å². The van der Waals surface area contributed by atoms with Crippen LogP contribution in [0.4, 0.5) is 0 Å². The fourth-order valence-electron chi connectivity index (χ4n) is 9.60. The summed E-state index contributed by atoms with van der Waals surface area (Å²) in [6.07, 6.45) is 11.9. The Hall–Kier alpha value is -2.89. The lowest BCUT2D eigenvalue weighted by molar-refractivity contribution is -0.162. The predicted octanol–water partition coefficient (Wildman–Crippen LogP) is 7.52. The van der Waals surface area contributed by atoms with E-state index in [-0.39, 0.29) is 53.0 Å². The summed E-state index contributed by atoms with van der Waals surface area (Å²) in [4.78, 5) is 40.8. The van der Waals surface area contributed by atoms with Crippen molar-refractivity contribution < 1.29 is 29.0 Å². The van der Waals surface area contributed by atoms with E-state index in [1.165, 1.54) is 6.92 Å². The number of aliphatic hydroxyl groups excluding tert-OH is 1. The fourth-order valence-corrected chi connectivity index (χ4v) is 9.60. The number of hydrogen-bond acceptors (Lipinski definition) is 6. The maximum Gasteiger partial charge on any atom is 0.346 e. The highest BCUT2D eigenvalue weighted by Gasteiger charge is 2.66. The van der Waals surface area contributed by atoms with Gasteiger partial charge in [0.25, 0.3) is 0 Å². The Bertz CT molecular complexity index is 1370. The first-order valence-electron chi connectivity index (χ1n) is 15.7. The van der Waals surface area contributed by atoms with Gasteiger partial charge >= 0.3 is 11.9 Å². The van der Waals surface area contributed by atoms with Crippen molar-refractivity contribution in [2.24, 2.45) is 40.4 Å². The van der Waals surface area contributed by atoms with Crippen LogP contribution in [0.2, 0.25) is 0 Å². The fraction of sp³-hybridized carbons (Fsp3) is 0.639. The highest BCUT2D eigenvalue weighted by atomic mass is 16.6. The summed E-state index contributed by atoms with van der Waals surface area (Å²) in [5.74, 6) is -2.01. The number of carbonyl (C=O) groups excluding carboxylic acids is 3. The van der Waals surface area contributed by atoms with E-state index in [0.29, 0.717) is 6.42 Å². The number of rotatable bonds is 1. The third-order valence-electron chi connectivity index (χ3n) is 11.5. The quantitative estimate of drug-likeness (QED) is 0.197. The van der Waals surface area contributed by atoms with Crippen molar-refractivity contribution in [3.63, 3.8) is 0 Å². The molecule has 0 aromatic carbocycles. The molecule has 4 aliphatic carbocycles. The highest BCUT2D eigenvalue weighted by Crippen LogP contribution is 2.62. The van der Waals surface area contributed by atoms with E-state index in [0.717, 1.165) is 48.0 Å². The zero-order chi connectivity index (χ0) is 30.9. The third-order valence-corrected chi connectivity index (χ3v) is 11.5. The van der Waals surface area contributed by atoms with E-state index in [1.54, 1.807) is 0 Å². The summed E-state index contributed by atoms with van der Waals surface area (Å²) >= 11 is 0. The molecule has 1 spiro atoms. The van der Waals surface area contributed by atoms with Gasteiger partial charge in [-0.2, -0.15) is 0 Å². The molecule has 1 heterocycles. The number of hydrogen-bond donors (Lipinski definition) is 1. The van der Waals surface area contributed by atoms with Gasteiger partial charge in [-0.3, -0.25) is 9.59 Å². The van der Waals surface area contributed by atoms with Gasteiger partial charge in [0.2, 0.25) is 5.78 Å². The molecule has 1 saturated heterocycles. The molecule has 1 aliphatic heterocycles. The van der Waals surface area contributed by atoms with Crippen LogP contribution in [-0.4, -0.2) is 34.5 Å². The molecule has 2 bridgehead atoms. The second-order valence-corrected chi connectivity index (χ2v) is 14.5. The van der Waals surface area contributed by atoms with Crippen LogP contribution in [0.25, 0.3) is 0 Å². The summed E-state index contributed by atoms with van der Waals surface area (Å²) in [5.41, 5.74) is 0.982. The molecule has 9 atom stereocenters. The van der Waals surface area contributed by atoms with Gasteiger partial charge in [-0.05, 0) is 78.1 Å². The molecule has 1 saturated carbocycles. The minimum absolute atomic E-state index is 0.0417. The van der Waals surface area contributed by atoms with Gasteiger partial charge < -0.3 is 14.6 Å². The second-order valence-electron chi connectivity index (χ2n) is 14.5. The van der Waals surface area contributed by atoms with Gasteiger partial charge in [0.1, 0.15) is 17.4 Å². The number of Topliss-reactive ketones (excluding diaryl/α,β-unsaturated/α-hetero) is 1. The molecular formula is C36H48O6. The molecule has 9 unspecified atom stereocenters. The minimum Gasteiger partial charge on any atom is -0.511 e. The van der Waals surface area contributed by atoms with Gasteiger partial charge in [-0.15, -0.1) is 0 Å². The van der Waals surface area contributed by atoms with Gasteiger partial charge in [0.15, 0.2) is 5.60 Å². The molecule has 42 heavy (non-hydrogen) atoms. The molecule has 1 N–H and O–H groups in total. The second kappa shape index (κ2) is 10.4. The van der Waals surface area contributed by atoms with E-state index in [4.69, 9.17) is 9.47 Å². The smallest absolute Gasteiger partial charge is 0.346 e. The summed E-state index contributed by atoms with van der Waals surface area (Å²) in [6, 6.07) is 0. The topological polar surface area (TPSA) is 89.9 Å². The molecule has 0 radical (unpaired) electrons. The third kappa shape index (κ3) is 4.38. The van der Waals surface area contributed by atoms with Crippen molar-refractivity contribution in [1.29, 1.82) is 0 Å². The number of ketones is 1. The average Bonchev–Trinajstić information content (AvgIpc) is 3.13. The Morgan fingerprint density at radius 1 is 1.02 bits per heavy atom. The van der Waals surface area contributed by atoms with Crippen molar-refractivity contribution in [1.82, 2.24) is 0 Å². The molecule has 2 fully saturated rings. The Labute approximate surface area is 251 Å². The van der Waals surface area contributed by atoms with Crippen molar-refractivity contribution in [2.45, 2.75) is 106 Å². The number of fused-ring (bicyclic) bond motifs is 4. The maximum absolute atomic E-state index is 14.8. The Morgan fingerprint density at radius 3 is 2.38 bits per heavy atom. The maximum atomic E-state index is 14.8. The first kappa shape index (κ1) is 30.6. The van der Waals surface area contributed by atoms with Crippen LogP contribution in [0.5, 0.6) is 0 Å². The van der Waals surface area contributed by atoms with E-state index < -0.39 is 28.2 Å². The Kier molecular flexibility index (Phi) is 7.55. The standard InChI is InChI=1S/C36H48O6/c1-19-11-10-12-20(2)29-22(4)15-26-27(41-25(7)37)14-13-21(3)30(26)35(29,9)31(38)28-32(39)36(42-33(28)40)18-24(6)23(5)17-34(36,8)16-19/h12,15-17,21,24,26-27,29-30,38H,10-11,13-14,18H2,1-9H3/b19-16+,20-12+,31-28?. The number of carbonyl (C=O) groups is 3. The first-order chi connectivity index (χ1) is 19.6. The first-order valence-corrected chi connectivity index (χ1v) is 15.7. The van der Waals surface area contributed by atoms with E-state index in [2.05, 4.69) is 65.8 Å². The highest BCUT2D eigenvalue weighted by molar-refractivity contribution is 6.26. The lowest BCUT2D eigenvalue weighted by atomic mass is 9.49. The molecule has 5 rings (SSSR count). The molecule has 0 amide bonds. The van der Waals surface area contributed by atoms with Crippen molar-refractivity contribution >= 4 is 17.7 Å². The molecule has 5 aliphatic rings. The largest absolute Gasteiger partial charge is 0.511 e. The number of allylic oxidation sites excluding steroid dienone is 6. The number of esters is 2. The average molecular weight is 577 g/mol. The summed E-state index contributed by atoms with van der Waals surface area (Å²) in [7, 11) is 0. The van der Waals surface area contributed by atoms with Crippen LogP contribution < -0.4 is 0 Å². The van der Waals surface area contributed by atoms with Gasteiger partial charge in [-0.1, -0.05) is 67.4 Å².